The SMILES string of the molecule is c1ccc(-c2nc(-c3ccccc3)nc(-c3ccc4c5cccc(-c6cccc7c6sc6ccccc67)c5n5c6ccccc6c3c45)n2)cc1. The van der Waals surface area contributed by atoms with E-state index in [1.54, 1.807) is 0 Å². The Labute approximate surface area is 290 Å². The highest BCUT2D eigenvalue weighted by Gasteiger charge is 2.24. The zero-order valence-electron chi connectivity index (χ0n) is 26.7. The van der Waals surface area contributed by atoms with Crippen molar-refractivity contribution in [2.24, 2.45) is 0 Å². The summed E-state index contributed by atoms with van der Waals surface area (Å²) in [5, 5.41) is 7.42. The molecule has 11 aromatic rings. The highest BCUT2D eigenvalue weighted by Crippen LogP contribution is 2.47. The molecule has 0 aliphatic carbocycles. The lowest BCUT2D eigenvalue weighted by atomic mass is 9.98. The summed E-state index contributed by atoms with van der Waals surface area (Å²) < 4.78 is 5.11. The van der Waals surface area contributed by atoms with Gasteiger partial charge < -0.3 is 4.40 Å². The van der Waals surface area contributed by atoms with Crippen LogP contribution in [0, 0.1) is 0 Å². The second kappa shape index (κ2) is 10.5. The van der Waals surface area contributed by atoms with Crippen molar-refractivity contribution in [2.75, 3.05) is 0 Å². The highest BCUT2D eigenvalue weighted by atomic mass is 32.1. The summed E-state index contributed by atoms with van der Waals surface area (Å²) in [5.74, 6) is 1.98. The second-order valence-corrected chi connectivity index (χ2v) is 13.8. The molecule has 7 aromatic carbocycles. The lowest BCUT2D eigenvalue weighted by Gasteiger charge is -2.10. The van der Waals surface area contributed by atoms with Crippen molar-refractivity contribution in [1.29, 1.82) is 0 Å². The van der Waals surface area contributed by atoms with Gasteiger partial charge in [-0.1, -0.05) is 140 Å². The van der Waals surface area contributed by atoms with Gasteiger partial charge in [0.15, 0.2) is 17.5 Å². The van der Waals surface area contributed by atoms with E-state index in [9.17, 15) is 0 Å². The molecule has 50 heavy (non-hydrogen) atoms. The van der Waals surface area contributed by atoms with Crippen molar-refractivity contribution in [1.82, 2.24) is 19.4 Å². The van der Waals surface area contributed by atoms with Gasteiger partial charge in [-0.3, -0.25) is 0 Å². The van der Waals surface area contributed by atoms with Crippen LogP contribution in [0.4, 0.5) is 0 Å². The molecule has 5 heteroatoms. The summed E-state index contributed by atoms with van der Waals surface area (Å²) in [6, 6.07) is 55.8. The third-order valence-corrected chi connectivity index (χ3v) is 11.2. The van der Waals surface area contributed by atoms with Gasteiger partial charge in [-0.2, -0.15) is 0 Å². The number of nitrogens with zero attached hydrogens (tertiary/aromatic N) is 4. The minimum Gasteiger partial charge on any atom is -0.307 e. The number of fused-ring (bicyclic) bond motifs is 9. The average Bonchev–Trinajstić information content (AvgIpc) is 3.86. The van der Waals surface area contributed by atoms with E-state index in [1.165, 1.54) is 64.0 Å². The molecular formula is C45H26N4S. The standard InChI is InChI=1S/C45H26N4S/c1-3-13-27(14-4-1)43-46-44(28-15-5-2-6-16-28)48-45(47-43)36-26-25-32-30-19-11-20-31(40(30)49-37-23-9-7-18-35(37)39(36)41(32)49)34-22-12-21-33-29-17-8-10-24-38(29)50-42(33)34/h1-26H. The van der Waals surface area contributed by atoms with Crippen LogP contribution >= 0.6 is 11.3 Å². The monoisotopic (exact) mass is 654 g/mol. The van der Waals surface area contributed by atoms with Crippen molar-refractivity contribution in [2.45, 2.75) is 0 Å². The van der Waals surface area contributed by atoms with Gasteiger partial charge in [0.05, 0.1) is 16.6 Å². The highest BCUT2D eigenvalue weighted by molar-refractivity contribution is 7.26. The molecule has 4 heterocycles. The zero-order valence-corrected chi connectivity index (χ0v) is 27.5. The van der Waals surface area contributed by atoms with Crippen molar-refractivity contribution in [3.63, 3.8) is 0 Å². The first-order chi connectivity index (χ1) is 24.8. The quantitative estimate of drug-likeness (QED) is 0.190. The average molecular weight is 655 g/mol. The fourth-order valence-corrected chi connectivity index (χ4v) is 9.07. The van der Waals surface area contributed by atoms with Gasteiger partial charge in [-0.25, -0.2) is 15.0 Å². The molecule has 0 aliphatic rings. The molecule has 0 atom stereocenters. The first kappa shape index (κ1) is 27.5. The summed E-state index contributed by atoms with van der Waals surface area (Å²) in [4.78, 5) is 15.3. The van der Waals surface area contributed by atoms with Gasteiger partial charge in [-0.15, -0.1) is 11.3 Å². The summed E-state index contributed by atoms with van der Waals surface area (Å²) in [7, 11) is 0. The summed E-state index contributed by atoms with van der Waals surface area (Å²) in [5.41, 5.74) is 9.00. The molecule has 0 bridgehead atoms. The fourth-order valence-electron chi connectivity index (χ4n) is 7.84. The molecule has 0 amide bonds. The number of rotatable bonds is 4. The molecule has 0 fully saturated rings. The lowest BCUT2D eigenvalue weighted by molar-refractivity contribution is 1.08. The Morgan fingerprint density at radius 1 is 0.380 bits per heavy atom. The Kier molecular flexibility index (Phi) is 5.80. The third kappa shape index (κ3) is 3.89. The van der Waals surface area contributed by atoms with Gasteiger partial charge in [-0.05, 0) is 18.2 Å². The second-order valence-electron chi connectivity index (χ2n) is 12.8. The predicted molar refractivity (Wildman–Crippen MR) is 209 cm³/mol. The number of hydrogen-bond donors (Lipinski definition) is 0. The van der Waals surface area contributed by atoms with E-state index < -0.39 is 0 Å². The molecule has 4 nitrogen and oxygen atoms in total. The third-order valence-electron chi connectivity index (χ3n) is 10.0. The molecule has 11 rings (SSSR count). The first-order valence-corrected chi connectivity index (χ1v) is 17.6. The maximum Gasteiger partial charge on any atom is 0.164 e. The van der Waals surface area contributed by atoms with Crippen molar-refractivity contribution >= 4 is 69.6 Å². The molecule has 0 saturated carbocycles. The number of aromatic nitrogens is 4. The largest absolute Gasteiger partial charge is 0.307 e. The Morgan fingerprint density at radius 3 is 1.72 bits per heavy atom. The van der Waals surface area contributed by atoms with Crippen molar-refractivity contribution in [3.05, 3.63) is 158 Å². The maximum atomic E-state index is 5.15. The molecule has 0 saturated heterocycles. The predicted octanol–water partition coefficient (Wildman–Crippen LogP) is 12.1. The lowest BCUT2D eigenvalue weighted by Crippen LogP contribution is -2.00. The van der Waals surface area contributed by atoms with E-state index in [4.69, 9.17) is 15.0 Å². The Balaban J connectivity index is 1.24. The minimum absolute atomic E-state index is 0.660. The molecule has 232 valence electrons. The molecule has 4 aromatic heterocycles. The van der Waals surface area contributed by atoms with Gasteiger partial charge in [0.1, 0.15) is 0 Å². The fraction of sp³-hybridized carbons (Fsp3) is 0. The summed E-state index contributed by atoms with van der Waals surface area (Å²) >= 11 is 1.88. The maximum absolute atomic E-state index is 5.15. The van der Waals surface area contributed by atoms with E-state index in [1.807, 2.05) is 47.7 Å². The van der Waals surface area contributed by atoms with Gasteiger partial charge in [0, 0.05) is 69.5 Å². The normalized spacial score (nSPS) is 12.0. The van der Waals surface area contributed by atoms with Crippen LogP contribution in [0.2, 0.25) is 0 Å². The van der Waals surface area contributed by atoms with Gasteiger partial charge >= 0.3 is 0 Å². The Hall–Kier alpha value is -6.43. The first-order valence-electron chi connectivity index (χ1n) is 16.8. The van der Waals surface area contributed by atoms with Gasteiger partial charge in [0.25, 0.3) is 0 Å². The Morgan fingerprint density at radius 2 is 0.960 bits per heavy atom. The van der Waals surface area contributed by atoms with Crippen molar-refractivity contribution in [3.8, 4) is 45.3 Å². The summed E-state index contributed by atoms with van der Waals surface area (Å²) in [6.45, 7) is 0. The van der Waals surface area contributed by atoms with E-state index in [0.29, 0.717) is 17.5 Å². The van der Waals surface area contributed by atoms with Crippen LogP contribution in [-0.4, -0.2) is 19.4 Å². The van der Waals surface area contributed by atoms with Crippen LogP contribution in [0.15, 0.2) is 158 Å². The smallest absolute Gasteiger partial charge is 0.164 e. The number of thiophene rings is 1. The molecule has 0 aliphatic heterocycles. The van der Waals surface area contributed by atoms with E-state index in [-0.39, 0.29) is 0 Å². The van der Waals surface area contributed by atoms with Crippen LogP contribution < -0.4 is 0 Å². The number of hydrogen-bond acceptors (Lipinski definition) is 4. The van der Waals surface area contributed by atoms with E-state index in [0.717, 1.165) is 22.1 Å². The van der Waals surface area contributed by atoms with Crippen LogP contribution in [-0.2, 0) is 0 Å². The van der Waals surface area contributed by atoms with Crippen LogP contribution in [0.3, 0.4) is 0 Å². The van der Waals surface area contributed by atoms with Crippen molar-refractivity contribution < 1.29 is 0 Å². The molecule has 0 radical (unpaired) electrons. The molecule has 0 spiro atoms. The minimum atomic E-state index is 0.660. The Bertz CT molecular complexity index is 3030. The zero-order chi connectivity index (χ0) is 32.8. The molecule has 0 N–H and O–H groups in total. The molecular weight excluding hydrogens is 629 g/mol. The topological polar surface area (TPSA) is 43.1 Å². The van der Waals surface area contributed by atoms with Crippen LogP contribution in [0.5, 0.6) is 0 Å². The van der Waals surface area contributed by atoms with E-state index >= 15 is 0 Å². The van der Waals surface area contributed by atoms with Crippen LogP contribution in [0.1, 0.15) is 0 Å². The number of benzene rings is 7. The summed E-state index contributed by atoms with van der Waals surface area (Å²) in [6.07, 6.45) is 0. The van der Waals surface area contributed by atoms with Gasteiger partial charge in [0.2, 0.25) is 0 Å². The molecule has 0 unspecified atom stereocenters. The van der Waals surface area contributed by atoms with Crippen LogP contribution in [0.25, 0.3) is 104 Å². The van der Waals surface area contributed by atoms with E-state index in [2.05, 4.69) is 126 Å². The number of para-hydroxylation sites is 2.